The molecule has 0 spiro atoms. The standard InChI is InChI=1S/C21H23NO7/c1-21(2,3)16-4-6-18(7-5-16)27-12-19(23)28-11-15-9-17(22(24)25)8-14-10-26-13-29-20(14)15/h4-9H,10-13H2,1-3H3. The summed E-state index contributed by atoms with van der Waals surface area (Å²) in [6, 6.07) is 10.2. The molecule has 2 aromatic rings. The molecule has 0 radical (unpaired) electrons. The molecule has 0 bridgehead atoms. The lowest BCUT2D eigenvalue weighted by Gasteiger charge is -2.20. The zero-order valence-corrected chi connectivity index (χ0v) is 16.6. The fourth-order valence-corrected chi connectivity index (χ4v) is 2.89. The van der Waals surface area contributed by atoms with Gasteiger partial charge in [-0.25, -0.2) is 4.79 Å². The Bertz CT molecular complexity index is 900. The SMILES string of the molecule is CC(C)(C)c1ccc(OCC(=O)OCc2cc([N+](=O)[O-])cc3c2OCOC3)cc1. The van der Waals surface area contributed by atoms with E-state index in [2.05, 4.69) is 20.8 Å². The third kappa shape index (κ3) is 5.23. The van der Waals surface area contributed by atoms with Crippen LogP contribution in [0.1, 0.15) is 37.5 Å². The number of benzene rings is 2. The Morgan fingerprint density at radius 3 is 2.59 bits per heavy atom. The second-order valence-corrected chi connectivity index (χ2v) is 7.68. The van der Waals surface area contributed by atoms with Crippen LogP contribution in [0.15, 0.2) is 36.4 Å². The van der Waals surface area contributed by atoms with Crippen LogP contribution in [0.3, 0.4) is 0 Å². The minimum Gasteiger partial charge on any atom is -0.482 e. The Hall–Kier alpha value is -3.13. The van der Waals surface area contributed by atoms with Gasteiger partial charge in [0.2, 0.25) is 0 Å². The second kappa shape index (κ2) is 8.48. The summed E-state index contributed by atoms with van der Waals surface area (Å²) in [5.74, 6) is 0.425. The summed E-state index contributed by atoms with van der Waals surface area (Å²) in [6.45, 7) is 6.16. The van der Waals surface area contributed by atoms with E-state index in [1.165, 1.54) is 12.1 Å². The van der Waals surface area contributed by atoms with Crippen molar-refractivity contribution >= 4 is 11.7 Å². The molecule has 8 nitrogen and oxygen atoms in total. The van der Waals surface area contributed by atoms with Crippen LogP contribution >= 0.6 is 0 Å². The zero-order valence-electron chi connectivity index (χ0n) is 16.6. The molecule has 1 aliphatic rings. The molecule has 154 valence electrons. The van der Waals surface area contributed by atoms with Gasteiger partial charge in [0.15, 0.2) is 13.4 Å². The van der Waals surface area contributed by atoms with E-state index in [4.69, 9.17) is 18.9 Å². The molecule has 0 saturated carbocycles. The maximum Gasteiger partial charge on any atom is 0.344 e. The Labute approximate surface area is 168 Å². The third-order valence-corrected chi connectivity index (χ3v) is 4.45. The van der Waals surface area contributed by atoms with Gasteiger partial charge < -0.3 is 18.9 Å². The largest absolute Gasteiger partial charge is 0.482 e. The lowest BCUT2D eigenvalue weighted by atomic mass is 9.87. The molecule has 0 atom stereocenters. The van der Waals surface area contributed by atoms with Crippen LogP contribution in [0.25, 0.3) is 0 Å². The highest BCUT2D eigenvalue weighted by Crippen LogP contribution is 2.33. The van der Waals surface area contributed by atoms with Crippen molar-refractivity contribution in [3.05, 3.63) is 63.2 Å². The minimum atomic E-state index is -0.586. The van der Waals surface area contributed by atoms with Crippen molar-refractivity contribution in [1.29, 1.82) is 0 Å². The average Bonchev–Trinajstić information content (AvgIpc) is 2.69. The summed E-state index contributed by atoms with van der Waals surface area (Å²) < 4.78 is 21.3. The molecule has 0 fully saturated rings. The first-order valence-electron chi connectivity index (χ1n) is 9.14. The fraction of sp³-hybridized carbons (Fsp3) is 0.381. The van der Waals surface area contributed by atoms with Gasteiger partial charge in [0.05, 0.1) is 11.5 Å². The number of ether oxygens (including phenoxy) is 4. The van der Waals surface area contributed by atoms with Gasteiger partial charge in [-0.3, -0.25) is 10.1 Å². The Kier molecular flexibility index (Phi) is 6.03. The van der Waals surface area contributed by atoms with Crippen molar-refractivity contribution in [2.45, 2.75) is 39.4 Å². The Balaban J connectivity index is 1.59. The summed E-state index contributed by atoms with van der Waals surface area (Å²) in [7, 11) is 0. The number of rotatable bonds is 6. The smallest absolute Gasteiger partial charge is 0.344 e. The Morgan fingerprint density at radius 2 is 1.93 bits per heavy atom. The van der Waals surface area contributed by atoms with Gasteiger partial charge in [-0.15, -0.1) is 0 Å². The number of nitrogens with zero attached hydrogens (tertiary/aromatic N) is 1. The number of fused-ring (bicyclic) bond motifs is 1. The van der Waals surface area contributed by atoms with Crippen LogP contribution < -0.4 is 9.47 Å². The second-order valence-electron chi connectivity index (χ2n) is 7.68. The highest BCUT2D eigenvalue weighted by Gasteiger charge is 2.22. The number of carbonyl (C=O) groups excluding carboxylic acids is 1. The number of nitro benzene ring substituents is 1. The highest BCUT2D eigenvalue weighted by atomic mass is 16.7. The van der Waals surface area contributed by atoms with E-state index in [9.17, 15) is 14.9 Å². The molecule has 0 aliphatic carbocycles. The summed E-state index contributed by atoms with van der Waals surface area (Å²) in [5.41, 5.74) is 2.04. The van der Waals surface area contributed by atoms with Gasteiger partial charge in [-0.1, -0.05) is 32.9 Å². The quantitative estimate of drug-likeness (QED) is 0.412. The van der Waals surface area contributed by atoms with Crippen molar-refractivity contribution in [3.63, 3.8) is 0 Å². The van der Waals surface area contributed by atoms with Gasteiger partial charge in [0.1, 0.15) is 18.1 Å². The molecule has 3 rings (SSSR count). The van der Waals surface area contributed by atoms with Crippen LogP contribution in [0.5, 0.6) is 11.5 Å². The van der Waals surface area contributed by atoms with Crippen molar-refractivity contribution in [1.82, 2.24) is 0 Å². The summed E-state index contributed by atoms with van der Waals surface area (Å²) >= 11 is 0. The Morgan fingerprint density at radius 1 is 1.21 bits per heavy atom. The van der Waals surface area contributed by atoms with E-state index in [-0.39, 0.29) is 37.7 Å². The summed E-state index contributed by atoms with van der Waals surface area (Å²) in [6.07, 6.45) is 0. The number of hydrogen-bond donors (Lipinski definition) is 0. The maximum atomic E-state index is 12.1. The molecule has 0 aromatic heterocycles. The maximum absolute atomic E-state index is 12.1. The van der Waals surface area contributed by atoms with E-state index < -0.39 is 10.9 Å². The number of non-ortho nitro benzene ring substituents is 1. The number of carbonyl (C=O) groups is 1. The molecule has 0 unspecified atom stereocenters. The third-order valence-electron chi connectivity index (χ3n) is 4.45. The van der Waals surface area contributed by atoms with Gasteiger partial charge >= 0.3 is 5.97 Å². The van der Waals surface area contributed by atoms with Crippen molar-refractivity contribution in [2.24, 2.45) is 0 Å². The van der Waals surface area contributed by atoms with Gasteiger partial charge in [0.25, 0.3) is 5.69 Å². The van der Waals surface area contributed by atoms with Crippen molar-refractivity contribution < 1.29 is 28.7 Å². The van der Waals surface area contributed by atoms with Gasteiger partial charge in [0, 0.05) is 23.3 Å². The molecule has 2 aromatic carbocycles. The summed E-state index contributed by atoms with van der Waals surface area (Å²) in [4.78, 5) is 22.7. The summed E-state index contributed by atoms with van der Waals surface area (Å²) in [5, 5.41) is 11.1. The van der Waals surface area contributed by atoms with E-state index >= 15 is 0 Å². The number of esters is 1. The predicted molar refractivity (Wildman–Crippen MR) is 104 cm³/mol. The van der Waals surface area contributed by atoms with E-state index in [0.717, 1.165) is 5.56 Å². The molecule has 8 heteroatoms. The van der Waals surface area contributed by atoms with Gasteiger partial charge in [-0.2, -0.15) is 0 Å². The van der Waals surface area contributed by atoms with E-state index in [0.29, 0.717) is 22.6 Å². The normalized spacial score (nSPS) is 13.2. The van der Waals surface area contributed by atoms with Crippen molar-refractivity contribution in [2.75, 3.05) is 13.4 Å². The minimum absolute atomic E-state index is 0.0298. The van der Waals surface area contributed by atoms with Crippen LogP contribution in [0.4, 0.5) is 5.69 Å². The first-order valence-corrected chi connectivity index (χ1v) is 9.14. The number of nitro groups is 1. The molecule has 29 heavy (non-hydrogen) atoms. The first kappa shape index (κ1) is 20.6. The monoisotopic (exact) mass is 401 g/mol. The zero-order chi connectivity index (χ0) is 21.0. The lowest BCUT2D eigenvalue weighted by molar-refractivity contribution is -0.385. The predicted octanol–water partition coefficient (Wildman–Crippen LogP) is 3.88. The number of hydrogen-bond acceptors (Lipinski definition) is 7. The molecule has 1 aliphatic heterocycles. The average molecular weight is 401 g/mol. The molecule has 1 heterocycles. The topological polar surface area (TPSA) is 97.1 Å². The first-order chi connectivity index (χ1) is 13.7. The van der Waals surface area contributed by atoms with Crippen LogP contribution in [0, 0.1) is 10.1 Å². The molecule has 0 amide bonds. The van der Waals surface area contributed by atoms with Crippen LogP contribution in [0.2, 0.25) is 0 Å². The van der Waals surface area contributed by atoms with Crippen LogP contribution in [-0.4, -0.2) is 24.3 Å². The molecule has 0 saturated heterocycles. The van der Waals surface area contributed by atoms with E-state index in [1.54, 1.807) is 12.1 Å². The van der Waals surface area contributed by atoms with E-state index in [1.807, 2.05) is 12.1 Å². The fourth-order valence-electron chi connectivity index (χ4n) is 2.89. The highest BCUT2D eigenvalue weighted by molar-refractivity contribution is 5.71. The van der Waals surface area contributed by atoms with Gasteiger partial charge in [-0.05, 0) is 23.1 Å². The van der Waals surface area contributed by atoms with Crippen molar-refractivity contribution in [3.8, 4) is 11.5 Å². The molecular formula is C21H23NO7. The molecule has 0 N–H and O–H groups in total. The lowest BCUT2D eigenvalue weighted by Crippen LogP contribution is -2.17. The van der Waals surface area contributed by atoms with Crippen LogP contribution in [-0.2, 0) is 32.9 Å². The molecular weight excluding hydrogens is 378 g/mol.